The number of nitrogens with two attached hydrogens (primary N) is 1. The first kappa shape index (κ1) is 13.3. The third-order valence-corrected chi connectivity index (χ3v) is 3.53. The zero-order valence-electron chi connectivity index (χ0n) is 9.16. The van der Waals surface area contributed by atoms with Crippen LogP contribution in [0.5, 0.6) is 0 Å². The van der Waals surface area contributed by atoms with Gasteiger partial charge in [-0.05, 0) is 17.8 Å². The largest absolute Gasteiger partial charge is 0.366 e. The molecule has 0 saturated carbocycles. The monoisotopic (exact) mass is 299 g/mol. The van der Waals surface area contributed by atoms with Gasteiger partial charge < -0.3 is 5.73 Å². The lowest BCUT2D eigenvalue weighted by Gasteiger charge is -2.05. The van der Waals surface area contributed by atoms with Gasteiger partial charge in [0.15, 0.2) is 5.16 Å². The first-order valence-electron chi connectivity index (χ1n) is 4.80. The Balaban J connectivity index is 2.52. The van der Waals surface area contributed by atoms with Crippen LogP contribution < -0.4 is 5.73 Å². The molecule has 1 aromatic heterocycles. The molecule has 0 saturated heterocycles. The van der Waals surface area contributed by atoms with E-state index in [1.807, 2.05) is 0 Å². The van der Waals surface area contributed by atoms with Crippen molar-refractivity contribution in [2.75, 3.05) is 0 Å². The normalized spacial score (nSPS) is 10.4. The van der Waals surface area contributed by atoms with Crippen LogP contribution in [0.4, 0.5) is 5.69 Å². The molecule has 0 bridgehead atoms. The number of primary amides is 1. The fourth-order valence-electron chi connectivity index (χ4n) is 1.30. The van der Waals surface area contributed by atoms with E-state index in [-0.39, 0.29) is 21.2 Å². The minimum Gasteiger partial charge on any atom is -0.366 e. The number of hydrogen-bond donors (Lipinski definition) is 2. The second kappa shape index (κ2) is 5.24. The number of aromatic amines is 1. The lowest BCUT2D eigenvalue weighted by molar-refractivity contribution is -0.387. The number of halogens is 1. The highest BCUT2D eigenvalue weighted by Gasteiger charge is 2.22. The molecule has 0 radical (unpaired) electrons. The number of carbonyl (C=O) groups excluding carboxylic acids is 1. The van der Waals surface area contributed by atoms with Crippen LogP contribution in [0.1, 0.15) is 10.4 Å². The van der Waals surface area contributed by atoms with E-state index >= 15 is 0 Å². The maximum Gasteiger partial charge on any atom is 0.285 e. The maximum atomic E-state index is 11.1. The number of nitrogens with one attached hydrogen (secondary N) is 1. The standard InChI is InChI=1S/C9H6ClN5O3S/c10-5-1-4(8(11)16)2-6(15(17)18)7(5)19-9-12-3-13-14-9/h1-3H,(H2,11,16)(H,12,13,14). The van der Waals surface area contributed by atoms with Gasteiger partial charge in [-0.1, -0.05) is 11.6 Å². The summed E-state index contributed by atoms with van der Waals surface area (Å²) in [5.41, 5.74) is 4.74. The molecule has 0 spiro atoms. The first-order valence-corrected chi connectivity index (χ1v) is 5.99. The lowest BCUT2D eigenvalue weighted by Crippen LogP contribution is -2.11. The van der Waals surface area contributed by atoms with E-state index in [0.717, 1.165) is 17.8 Å². The average molecular weight is 300 g/mol. The van der Waals surface area contributed by atoms with Crippen molar-refractivity contribution >= 4 is 35.0 Å². The zero-order chi connectivity index (χ0) is 14.0. The van der Waals surface area contributed by atoms with Gasteiger partial charge in [0, 0.05) is 11.6 Å². The SMILES string of the molecule is NC(=O)c1cc(Cl)c(Sc2ncn[nH]2)c([N+](=O)[O-])c1. The van der Waals surface area contributed by atoms with Crippen molar-refractivity contribution in [3.8, 4) is 0 Å². The van der Waals surface area contributed by atoms with E-state index < -0.39 is 10.8 Å². The van der Waals surface area contributed by atoms with Crippen LogP contribution >= 0.6 is 23.4 Å². The zero-order valence-corrected chi connectivity index (χ0v) is 10.7. The van der Waals surface area contributed by atoms with Crippen LogP contribution in [-0.4, -0.2) is 26.0 Å². The van der Waals surface area contributed by atoms with Crippen molar-refractivity contribution in [2.45, 2.75) is 10.1 Å². The van der Waals surface area contributed by atoms with Crippen molar-refractivity contribution in [2.24, 2.45) is 5.73 Å². The minimum absolute atomic E-state index is 0.0291. The van der Waals surface area contributed by atoms with E-state index in [0.29, 0.717) is 5.16 Å². The van der Waals surface area contributed by atoms with Crippen LogP contribution in [0.25, 0.3) is 0 Å². The van der Waals surface area contributed by atoms with Gasteiger partial charge in [-0.25, -0.2) is 4.98 Å². The summed E-state index contributed by atoms with van der Waals surface area (Å²) in [6, 6.07) is 2.35. The topological polar surface area (TPSA) is 128 Å². The second-order valence-corrected chi connectivity index (χ2v) is 4.73. The number of carbonyl (C=O) groups is 1. The van der Waals surface area contributed by atoms with Crippen molar-refractivity contribution in [1.82, 2.24) is 15.2 Å². The van der Waals surface area contributed by atoms with E-state index in [2.05, 4.69) is 15.2 Å². The van der Waals surface area contributed by atoms with Gasteiger partial charge >= 0.3 is 0 Å². The molecule has 0 aliphatic carbocycles. The molecule has 19 heavy (non-hydrogen) atoms. The highest BCUT2D eigenvalue weighted by Crippen LogP contribution is 2.39. The Morgan fingerprint density at radius 1 is 1.53 bits per heavy atom. The smallest absolute Gasteiger partial charge is 0.285 e. The van der Waals surface area contributed by atoms with E-state index in [9.17, 15) is 14.9 Å². The number of rotatable bonds is 4. The Bertz CT molecular complexity index is 646. The number of nitrogens with zero attached hydrogens (tertiary/aromatic N) is 3. The molecule has 98 valence electrons. The van der Waals surface area contributed by atoms with Gasteiger partial charge in [-0.15, -0.1) is 0 Å². The molecule has 10 heteroatoms. The van der Waals surface area contributed by atoms with Crippen LogP contribution in [0, 0.1) is 10.1 Å². The highest BCUT2D eigenvalue weighted by molar-refractivity contribution is 7.99. The van der Waals surface area contributed by atoms with Gasteiger partial charge in [0.2, 0.25) is 5.91 Å². The fourth-order valence-corrected chi connectivity index (χ4v) is 2.41. The quantitative estimate of drug-likeness (QED) is 0.652. The molecule has 1 heterocycles. The summed E-state index contributed by atoms with van der Waals surface area (Å²) in [4.78, 5) is 25.4. The van der Waals surface area contributed by atoms with E-state index in [1.54, 1.807) is 0 Å². The molecule has 0 fully saturated rings. The van der Waals surface area contributed by atoms with Gasteiger partial charge in [0.1, 0.15) is 11.2 Å². The molecule has 1 amide bonds. The van der Waals surface area contributed by atoms with Crippen molar-refractivity contribution in [1.29, 1.82) is 0 Å². The summed E-state index contributed by atoms with van der Waals surface area (Å²) in [5, 5.41) is 17.6. The minimum atomic E-state index is -0.791. The summed E-state index contributed by atoms with van der Waals surface area (Å²) in [6.45, 7) is 0. The summed E-state index contributed by atoms with van der Waals surface area (Å²) in [6.07, 6.45) is 1.26. The van der Waals surface area contributed by atoms with E-state index in [1.165, 1.54) is 12.4 Å². The Hall–Kier alpha value is -2.13. The summed E-state index contributed by atoms with van der Waals surface area (Å²) in [7, 11) is 0. The Kier molecular flexibility index (Phi) is 3.67. The Labute approximate surface area is 115 Å². The Morgan fingerprint density at radius 2 is 2.26 bits per heavy atom. The van der Waals surface area contributed by atoms with Crippen LogP contribution in [-0.2, 0) is 0 Å². The molecule has 2 aromatic rings. The van der Waals surface area contributed by atoms with Gasteiger partial charge in [0.05, 0.1) is 9.95 Å². The van der Waals surface area contributed by atoms with Crippen molar-refractivity contribution < 1.29 is 9.72 Å². The first-order chi connectivity index (χ1) is 8.99. The highest BCUT2D eigenvalue weighted by atomic mass is 35.5. The third kappa shape index (κ3) is 2.83. The number of nitro benzene ring substituents is 1. The maximum absolute atomic E-state index is 11.1. The average Bonchev–Trinajstić information content (AvgIpc) is 2.83. The number of benzene rings is 1. The number of amides is 1. The van der Waals surface area contributed by atoms with Crippen LogP contribution in [0.3, 0.4) is 0 Å². The molecule has 8 nitrogen and oxygen atoms in total. The van der Waals surface area contributed by atoms with E-state index in [4.69, 9.17) is 17.3 Å². The fraction of sp³-hybridized carbons (Fsp3) is 0. The van der Waals surface area contributed by atoms with Gasteiger partial charge in [-0.2, -0.15) is 5.10 Å². The number of nitro groups is 1. The number of hydrogen-bond acceptors (Lipinski definition) is 6. The summed E-state index contributed by atoms with van der Waals surface area (Å²) >= 11 is 6.89. The number of H-pyrrole nitrogens is 1. The molecule has 0 atom stereocenters. The predicted molar refractivity (Wildman–Crippen MR) is 67.1 cm³/mol. The second-order valence-electron chi connectivity index (χ2n) is 3.32. The molecule has 3 N–H and O–H groups in total. The van der Waals surface area contributed by atoms with Crippen LogP contribution in [0.2, 0.25) is 5.02 Å². The molecule has 0 aliphatic heterocycles. The molecule has 2 rings (SSSR count). The molecular weight excluding hydrogens is 294 g/mol. The predicted octanol–water partition coefficient (Wildman–Crippen LogP) is 1.62. The Morgan fingerprint density at radius 3 is 2.79 bits per heavy atom. The summed E-state index contributed by atoms with van der Waals surface area (Å²) < 4.78 is 0. The van der Waals surface area contributed by atoms with Crippen molar-refractivity contribution in [3.63, 3.8) is 0 Å². The molecule has 1 aromatic carbocycles. The van der Waals surface area contributed by atoms with Gasteiger partial charge in [0.25, 0.3) is 5.69 Å². The molecular formula is C9H6ClN5O3S. The summed E-state index contributed by atoms with van der Waals surface area (Å²) in [5.74, 6) is -0.791. The van der Waals surface area contributed by atoms with Crippen LogP contribution in [0.15, 0.2) is 28.5 Å². The van der Waals surface area contributed by atoms with Crippen molar-refractivity contribution in [3.05, 3.63) is 39.2 Å². The molecule has 0 aliphatic rings. The molecule has 0 unspecified atom stereocenters. The third-order valence-electron chi connectivity index (χ3n) is 2.10. The lowest BCUT2D eigenvalue weighted by atomic mass is 10.2. The van der Waals surface area contributed by atoms with Gasteiger partial charge in [-0.3, -0.25) is 20.0 Å². The number of aromatic nitrogens is 3.